The molecule has 1 aromatic heterocycles. The Labute approximate surface area is 171 Å². The van der Waals surface area contributed by atoms with Crippen LogP contribution in [0.2, 0.25) is 0 Å². The van der Waals surface area contributed by atoms with Crippen LogP contribution in [-0.4, -0.2) is 53.9 Å². The molecule has 3 aromatic rings. The number of aliphatic carboxylic acids is 1. The standard InChI is InChI=1S/C20H19N5O3S/c1-13-6-8-16(9-7-13)25-20(21-22-23-25)29-12-18(26)24-11-15-5-3-2-4-14(15)10-17(24)19(27)28/h2-9,17H,10-12H2,1H3,(H,27,28)/t17-/m0/s1. The molecule has 4 rings (SSSR count). The Kier molecular flexibility index (Phi) is 5.30. The predicted molar refractivity (Wildman–Crippen MR) is 107 cm³/mol. The molecule has 1 aliphatic rings. The van der Waals surface area contributed by atoms with Gasteiger partial charge in [0, 0.05) is 13.0 Å². The first kappa shape index (κ1) is 19.1. The molecule has 2 aromatic carbocycles. The molecule has 9 heteroatoms. The number of carboxylic acid groups (broad SMARTS) is 1. The lowest BCUT2D eigenvalue weighted by Crippen LogP contribution is -2.49. The van der Waals surface area contributed by atoms with E-state index in [1.165, 1.54) is 16.7 Å². The van der Waals surface area contributed by atoms with Gasteiger partial charge in [-0.3, -0.25) is 4.79 Å². The molecule has 148 valence electrons. The summed E-state index contributed by atoms with van der Waals surface area (Å²) in [6, 6.07) is 14.5. The lowest BCUT2D eigenvalue weighted by Gasteiger charge is -2.34. The zero-order valence-electron chi connectivity index (χ0n) is 15.7. The maximum absolute atomic E-state index is 12.9. The van der Waals surface area contributed by atoms with Gasteiger partial charge >= 0.3 is 5.97 Å². The van der Waals surface area contributed by atoms with E-state index in [0.29, 0.717) is 11.6 Å². The number of benzene rings is 2. The number of carbonyl (C=O) groups excluding carboxylic acids is 1. The number of amides is 1. The van der Waals surface area contributed by atoms with Crippen LogP contribution in [0.3, 0.4) is 0 Å². The number of carbonyl (C=O) groups is 2. The monoisotopic (exact) mass is 409 g/mol. The highest BCUT2D eigenvalue weighted by atomic mass is 32.2. The summed E-state index contributed by atoms with van der Waals surface area (Å²) in [5.74, 6) is -1.20. The van der Waals surface area contributed by atoms with Gasteiger partial charge in [-0.1, -0.05) is 53.7 Å². The first-order valence-electron chi connectivity index (χ1n) is 9.10. The normalized spacial score (nSPS) is 15.8. The van der Waals surface area contributed by atoms with Crippen LogP contribution in [0, 0.1) is 6.92 Å². The molecule has 0 unspecified atom stereocenters. The Morgan fingerprint density at radius 2 is 1.86 bits per heavy atom. The van der Waals surface area contributed by atoms with E-state index in [0.717, 1.165) is 22.4 Å². The highest BCUT2D eigenvalue weighted by Crippen LogP contribution is 2.26. The van der Waals surface area contributed by atoms with Crippen LogP contribution >= 0.6 is 11.8 Å². The quantitative estimate of drug-likeness (QED) is 0.644. The van der Waals surface area contributed by atoms with Crippen molar-refractivity contribution in [2.24, 2.45) is 0 Å². The Bertz CT molecular complexity index is 1050. The Morgan fingerprint density at radius 3 is 2.59 bits per heavy atom. The maximum atomic E-state index is 12.9. The zero-order valence-corrected chi connectivity index (χ0v) is 16.5. The fourth-order valence-corrected chi connectivity index (χ4v) is 4.11. The molecule has 0 aliphatic carbocycles. The molecular formula is C20H19N5O3S. The highest BCUT2D eigenvalue weighted by Gasteiger charge is 2.34. The van der Waals surface area contributed by atoms with E-state index < -0.39 is 12.0 Å². The first-order valence-corrected chi connectivity index (χ1v) is 10.1. The molecule has 1 N–H and O–H groups in total. The third-order valence-corrected chi connectivity index (χ3v) is 5.80. The number of nitrogens with zero attached hydrogens (tertiary/aromatic N) is 5. The van der Waals surface area contributed by atoms with Gasteiger partial charge < -0.3 is 10.0 Å². The van der Waals surface area contributed by atoms with Crippen molar-refractivity contribution in [1.29, 1.82) is 0 Å². The van der Waals surface area contributed by atoms with Crippen molar-refractivity contribution < 1.29 is 14.7 Å². The van der Waals surface area contributed by atoms with Crippen molar-refractivity contribution in [3.8, 4) is 5.69 Å². The molecular weight excluding hydrogens is 390 g/mol. The van der Waals surface area contributed by atoms with Gasteiger partial charge in [-0.25, -0.2) is 4.79 Å². The maximum Gasteiger partial charge on any atom is 0.326 e. The number of carboxylic acids is 1. The summed E-state index contributed by atoms with van der Waals surface area (Å²) in [5, 5.41) is 21.8. The fraction of sp³-hybridized carbons (Fsp3) is 0.250. The number of fused-ring (bicyclic) bond motifs is 1. The number of hydrogen-bond acceptors (Lipinski definition) is 6. The minimum Gasteiger partial charge on any atom is -0.480 e. The summed E-state index contributed by atoms with van der Waals surface area (Å²) in [6.45, 7) is 2.28. The summed E-state index contributed by atoms with van der Waals surface area (Å²) in [6.07, 6.45) is 0.309. The number of rotatable bonds is 5. The van der Waals surface area contributed by atoms with Gasteiger partial charge in [0.1, 0.15) is 6.04 Å². The van der Waals surface area contributed by atoms with Crippen molar-refractivity contribution in [1.82, 2.24) is 25.1 Å². The molecule has 0 radical (unpaired) electrons. The van der Waals surface area contributed by atoms with Gasteiger partial charge in [-0.05, 0) is 40.6 Å². The third-order valence-electron chi connectivity index (χ3n) is 4.90. The second-order valence-corrected chi connectivity index (χ2v) is 7.79. The van der Waals surface area contributed by atoms with Crippen LogP contribution < -0.4 is 0 Å². The highest BCUT2D eigenvalue weighted by molar-refractivity contribution is 7.99. The molecule has 0 spiro atoms. The van der Waals surface area contributed by atoms with E-state index in [4.69, 9.17) is 0 Å². The second-order valence-electron chi connectivity index (χ2n) is 6.85. The molecule has 1 atom stereocenters. The van der Waals surface area contributed by atoms with Crippen molar-refractivity contribution in [3.05, 3.63) is 65.2 Å². The van der Waals surface area contributed by atoms with Crippen molar-refractivity contribution in [2.75, 3.05) is 5.75 Å². The number of aromatic nitrogens is 4. The van der Waals surface area contributed by atoms with E-state index in [1.54, 1.807) is 4.68 Å². The summed E-state index contributed by atoms with van der Waals surface area (Å²) < 4.78 is 1.57. The minimum absolute atomic E-state index is 0.0538. The van der Waals surface area contributed by atoms with Crippen molar-refractivity contribution >= 4 is 23.6 Å². The van der Waals surface area contributed by atoms with E-state index in [-0.39, 0.29) is 18.2 Å². The van der Waals surface area contributed by atoms with Gasteiger partial charge in [0.2, 0.25) is 11.1 Å². The third kappa shape index (κ3) is 4.00. The van der Waals surface area contributed by atoms with Crippen LogP contribution in [0.4, 0.5) is 0 Å². The molecule has 1 amide bonds. The van der Waals surface area contributed by atoms with E-state index in [1.807, 2.05) is 55.5 Å². The molecule has 1 aliphatic heterocycles. The lowest BCUT2D eigenvalue weighted by atomic mass is 9.94. The number of tetrazole rings is 1. The summed E-state index contributed by atoms with van der Waals surface area (Å²) in [5.41, 5.74) is 3.87. The molecule has 0 saturated carbocycles. The Balaban J connectivity index is 1.49. The number of hydrogen-bond donors (Lipinski definition) is 1. The summed E-state index contributed by atoms with van der Waals surface area (Å²) in [7, 11) is 0. The summed E-state index contributed by atoms with van der Waals surface area (Å²) in [4.78, 5) is 26.0. The van der Waals surface area contributed by atoms with Gasteiger partial charge in [-0.2, -0.15) is 4.68 Å². The average Bonchev–Trinajstić information content (AvgIpc) is 3.20. The topological polar surface area (TPSA) is 101 Å². The Hall–Kier alpha value is -3.20. The molecule has 8 nitrogen and oxygen atoms in total. The molecule has 29 heavy (non-hydrogen) atoms. The van der Waals surface area contributed by atoms with E-state index >= 15 is 0 Å². The zero-order chi connectivity index (χ0) is 20.4. The van der Waals surface area contributed by atoms with Crippen LogP contribution in [0.15, 0.2) is 53.7 Å². The first-order chi connectivity index (χ1) is 14.0. The van der Waals surface area contributed by atoms with Crippen LogP contribution in [0.25, 0.3) is 5.69 Å². The molecule has 2 heterocycles. The SMILES string of the molecule is Cc1ccc(-n2nnnc2SCC(=O)N2Cc3ccccc3C[C@H]2C(=O)O)cc1. The van der Waals surface area contributed by atoms with E-state index in [9.17, 15) is 14.7 Å². The van der Waals surface area contributed by atoms with Crippen LogP contribution in [0.5, 0.6) is 0 Å². The van der Waals surface area contributed by atoms with Gasteiger partial charge in [-0.15, -0.1) is 5.10 Å². The Morgan fingerprint density at radius 1 is 1.14 bits per heavy atom. The second kappa shape index (κ2) is 8.04. The van der Waals surface area contributed by atoms with Crippen molar-refractivity contribution in [3.63, 3.8) is 0 Å². The van der Waals surface area contributed by atoms with Gasteiger partial charge in [0.25, 0.3) is 0 Å². The number of aryl methyl sites for hydroxylation is 1. The van der Waals surface area contributed by atoms with Crippen molar-refractivity contribution in [2.45, 2.75) is 31.1 Å². The van der Waals surface area contributed by atoms with Gasteiger partial charge in [0.05, 0.1) is 11.4 Å². The molecule has 0 fully saturated rings. The fourth-order valence-electron chi connectivity index (χ4n) is 3.33. The minimum atomic E-state index is -0.998. The van der Waals surface area contributed by atoms with Gasteiger partial charge in [0.15, 0.2) is 0 Å². The average molecular weight is 409 g/mol. The smallest absolute Gasteiger partial charge is 0.326 e. The summed E-state index contributed by atoms with van der Waals surface area (Å²) >= 11 is 1.19. The molecule has 0 bridgehead atoms. The molecule has 0 saturated heterocycles. The number of thioether (sulfide) groups is 1. The van der Waals surface area contributed by atoms with E-state index in [2.05, 4.69) is 15.5 Å². The van der Waals surface area contributed by atoms with Crippen LogP contribution in [0.1, 0.15) is 16.7 Å². The lowest BCUT2D eigenvalue weighted by molar-refractivity contribution is -0.150. The largest absolute Gasteiger partial charge is 0.480 e. The predicted octanol–water partition coefficient (Wildman–Crippen LogP) is 2.10. The van der Waals surface area contributed by atoms with Crippen LogP contribution in [-0.2, 0) is 22.6 Å².